The van der Waals surface area contributed by atoms with E-state index in [4.69, 9.17) is 9.05 Å². The maximum absolute atomic E-state index is 12.8. The molecular weight excluding hydrogens is 768 g/mol. The van der Waals surface area contributed by atoms with Crippen LogP contribution in [0.5, 0.6) is 0 Å². The Morgan fingerprint density at radius 1 is 0.600 bits per heavy atom. The van der Waals surface area contributed by atoms with Crippen molar-refractivity contribution < 1.29 is 32.9 Å². The first kappa shape index (κ1) is 57.4. The van der Waals surface area contributed by atoms with Crippen molar-refractivity contribution in [3.8, 4) is 0 Å². The van der Waals surface area contributed by atoms with Gasteiger partial charge in [0.25, 0.3) is 7.82 Å². The lowest BCUT2D eigenvalue weighted by Crippen LogP contribution is -2.46. The number of carbonyl (C=O) groups is 1. The van der Waals surface area contributed by atoms with Gasteiger partial charge in [0.15, 0.2) is 0 Å². The highest BCUT2D eigenvalue weighted by atomic mass is 31.2. The second-order valence-corrected chi connectivity index (χ2v) is 18.1. The second-order valence-electron chi connectivity index (χ2n) is 16.7. The number of quaternary nitrogens is 1. The predicted octanol–water partition coefficient (Wildman–Crippen LogP) is 12.9. The molecule has 0 saturated carbocycles. The van der Waals surface area contributed by atoms with Crippen molar-refractivity contribution in [1.29, 1.82) is 0 Å². The lowest BCUT2D eigenvalue weighted by molar-refractivity contribution is -0.870. The van der Waals surface area contributed by atoms with Crippen LogP contribution < -0.4 is 10.2 Å². The Balaban J connectivity index is 4.14. The smallest absolute Gasteiger partial charge is 0.268 e. The van der Waals surface area contributed by atoms with E-state index in [1.165, 1.54) is 38.5 Å². The normalized spacial score (nSPS) is 15.1. The van der Waals surface area contributed by atoms with Crippen LogP contribution in [0.15, 0.2) is 97.2 Å². The minimum Gasteiger partial charge on any atom is -0.756 e. The average Bonchev–Trinajstić information content (AvgIpc) is 3.20. The molecule has 0 rings (SSSR count). The van der Waals surface area contributed by atoms with Gasteiger partial charge in [0.1, 0.15) is 13.2 Å². The molecule has 0 aromatic rings. The summed E-state index contributed by atoms with van der Waals surface area (Å²) < 4.78 is 23.1. The fourth-order valence-electron chi connectivity index (χ4n) is 6.11. The third-order valence-corrected chi connectivity index (χ3v) is 10.8. The fraction of sp³-hybridized carbons (Fsp3) is 0.667. The summed E-state index contributed by atoms with van der Waals surface area (Å²) in [5.74, 6) is -0.189. The quantitative estimate of drug-likeness (QED) is 0.0274. The molecule has 0 aromatic carbocycles. The van der Waals surface area contributed by atoms with Crippen molar-refractivity contribution in [3.63, 3.8) is 0 Å². The molecule has 0 fully saturated rings. The molecule has 0 heterocycles. The van der Waals surface area contributed by atoms with E-state index in [0.29, 0.717) is 23.9 Å². The summed E-state index contributed by atoms with van der Waals surface area (Å²) in [5, 5.41) is 13.8. The molecule has 0 radical (unpaired) electrons. The zero-order valence-corrected chi connectivity index (χ0v) is 39.8. The largest absolute Gasteiger partial charge is 0.756 e. The molecular formula is C51H89N2O6P. The van der Waals surface area contributed by atoms with Crippen LogP contribution in [0, 0.1) is 0 Å². The van der Waals surface area contributed by atoms with E-state index in [0.717, 1.165) is 103 Å². The van der Waals surface area contributed by atoms with Crippen LogP contribution in [0.4, 0.5) is 0 Å². The van der Waals surface area contributed by atoms with Crippen LogP contribution in [0.1, 0.15) is 168 Å². The Kier molecular flexibility index (Phi) is 40.0. The van der Waals surface area contributed by atoms with Crippen molar-refractivity contribution in [3.05, 3.63) is 97.2 Å². The number of rotatable bonds is 41. The summed E-state index contributed by atoms with van der Waals surface area (Å²) in [5.41, 5.74) is 0. The first-order valence-electron chi connectivity index (χ1n) is 23.6. The summed E-state index contributed by atoms with van der Waals surface area (Å²) in [6.45, 7) is 4.51. The van der Waals surface area contributed by atoms with Crippen LogP contribution in [-0.4, -0.2) is 68.5 Å². The van der Waals surface area contributed by atoms with Gasteiger partial charge in [0, 0.05) is 6.42 Å². The Hall–Kier alpha value is -2.58. The van der Waals surface area contributed by atoms with Crippen LogP contribution >= 0.6 is 7.82 Å². The molecule has 0 saturated heterocycles. The van der Waals surface area contributed by atoms with E-state index in [1.54, 1.807) is 0 Å². The van der Waals surface area contributed by atoms with Crippen LogP contribution in [0.2, 0.25) is 0 Å². The summed E-state index contributed by atoms with van der Waals surface area (Å²) >= 11 is 0. The average molecular weight is 857 g/mol. The maximum Gasteiger partial charge on any atom is 0.268 e. The van der Waals surface area contributed by atoms with Gasteiger partial charge in [0.05, 0.1) is 39.9 Å². The maximum atomic E-state index is 12.8. The molecule has 0 bridgehead atoms. The van der Waals surface area contributed by atoms with E-state index in [2.05, 4.69) is 116 Å². The van der Waals surface area contributed by atoms with Gasteiger partial charge in [-0.3, -0.25) is 9.36 Å². The summed E-state index contributed by atoms with van der Waals surface area (Å²) in [7, 11) is 1.27. The number of allylic oxidation sites excluding steroid dienone is 16. The van der Waals surface area contributed by atoms with Gasteiger partial charge in [0.2, 0.25) is 5.91 Å². The first-order valence-corrected chi connectivity index (χ1v) is 25.0. The third kappa shape index (κ3) is 43.5. The number of phosphoric ester groups is 1. The molecule has 0 aliphatic heterocycles. The number of nitrogens with zero attached hydrogens (tertiary/aromatic N) is 1. The minimum absolute atomic E-state index is 0.00300. The fourth-order valence-corrected chi connectivity index (χ4v) is 6.83. The zero-order chi connectivity index (χ0) is 44.3. The number of nitrogens with one attached hydrogen (secondary N) is 1. The van der Waals surface area contributed by atoms with Gasteiger partial charge in [-0.15, -0.1) is 0 Å². The number of hydrogen-bond donors (Lipinski definition) is 2. The van der Waals surface area contributed by atoms with E-state index in [-0.39, 0.29) is 19.1 Å². The Bertz CT molecular complexity index is 1290. The third-order valence-electron chi connectivity index (χ3n) is 9.84. The number of hydrogen-bond acceptors (Lipinski definition) is 6. The molecule has 344 valence electrons. The second kappa shape index (κ2) is 41.8. The van der Waals surface area contributed by atoms with Gasteiger partial charge in [-0.05, 0) is 77.0 Å². The van der Waals surface area contributed by atoms with Crippen molar-refractivity contribution in [2.45, 2.75) is 180 Å². The Morgan fingerprint density at radius 2 is 1.02 bits per heavy atom. The number of likely N-dealkylation sites (N-methyl/N-ethyl adjacent to an activating group) is 1. The lowest BCUT2D eigenvalue weighted by atomic mass is 10.0. The number of phosphoric acid groups is 1. The van der Waals surface area contributed by atoms with E-state index in [1.807, 2.05) is 21.1 Å². The first-order chi connectivity index (χ1) is 29.0. The van der Waals surface area contributed by atoms with Crippen LogP contribution in [-0.2, 0) is 18.4 Å². The monoisotopic (exact) mass is 857 g/mol. The topological polar surface area (TPSA) is 108 Å². The molecule has 0 aliphatic carbocycles. The molecule has 60 heavy (non-hydrogen) atoms. The van der Waals surface area contributed by atoms with Crippen molar-refractivity contribution in [2.24, 2.45) is 0 Å². The number of aliphatic hydroxyl groups excluding tert-OH is 1. The van der Waals surface area contributed by atoms with Crippen molar-refractivity contribution >= 4 is 13.7 Å². The molecule has 0 aliphatic rings. The van der Waals surface area contributed by atoms with Gasteiger partial charge >= 0.3 is 0 Å². The van der Waals surface area contributed by atoms with Crippen molar-refractivity contribution in [2.75, 3.05) is 40.9 Å². The number of unbranched alkanes of at least 4 members (excludes halogenated alkanes) is 12. The molecule has 0 spiro atoms. The number of aliphatic hydroxyl groups is 1. The molecule has 3 unspecified atom stereocenters. The van der Waals surface area contributed by atoms with E-state index >= 15 is 0 Å². The summed E-state index contributed by atoms with van der Waals surface area (Å²) in [6, 6.07) is -0.812. The standard InChI is InChI=1S/C51H89N2O6P/c1-6-8-10-12-14-15-16-17-18-19-20-21-22-23-24-25-26-27-28-29-30-31-32-33-34-35-36-37-39-41-43-45-51(55)52-49(50(54)44-42-40-38-13-11-9-7-2)48-59-60(56,57)58-47-46-53(3,4)5/h8,10,14-15,17-18,20-21,23-24,26-27,29-30,32-33,49-50,54H,6-7,9,11-13,16,19,22,25,28,31,34-48H2,1-5H3,(H-,52,55,56,57)/b10-8-,15-14-,18-17-,21-20-,24-23-,27-26-,30-29-,33-32-. The minimum atomic E-state index is -4.57. The van der Waals surface area contributed by atoms with Gasteiger partial charge < -0.3 is 28.8 Å². The molecule has 8 nitrogen and oxygen atoms in total. The SMILES string of the molecule is CC/C=C\C/C=C\C/C=C\C/C=C\C/C=C\C/C=C\C/C=C\C/C=C\CCCCCCCCC(=O)NC(COP(=O)([O-])OCC[N+](C)(C)C)C(O)CCCCCCCCC. The number of carbonyl (C=O) groups excluding carboxylic acids is 1. The summed E-state index contributed by atoms with van der Waals surface area (Å²) in [4.78, 5) is 25.2. The number of amides is 1. The van der Waals surface area contributed by atoms with Crippen molar-refractivity contribution in [1.82, 2.24) is 5.32 Å². The van der Waals surface area contributed by atoms with Gasteiger partial charge in [-0.2, -0.15) is 0 Å². The van der Waals surface area contributed by atoms with E-state index < -0.39 is 20.0 Å². The Labute approximate surface area is 369 Å². The molecule has 9 heteroatoms. The van der Waals surface area contributed by atoms with Crippen LogP contribution in [0.25, 0.3) is 0 Å². The lowest BCUT2D eigenvalue weighted by Gasteiger charge is -2.30. The van der Waals surface area contributed by atoms with E-state index in [9.17, 15) is 19.4 Å². The molecule has 3 atom stereocenters. The summed E-state index contributed by atoms with van der Waals surface area (Å²) in [6.07, 6.45) is 58.7. The van der Waals surface area contributed by atoms with Gasteiger partial charge in [-0.25, -0.2) is 0 Å². The molecule has 1 amide bonds. The van der Waals surface area contributed by atoms with Crippen LogP contribution in [0.3, 0.4) is 0 Å². The molecule has 0 aromatic heterocycles. The zero-order valence-electron chi connectivity index (χ0n) is 38.9. The Morgan fingerprint density at radius 3 is 1.48 bits per heavy atom. The highest BCUT2D eigenvalue weighted by molar-refractivity contribution is 7.45. The highest BCUT2D eigenvalue weighted by Crippen LogP contribution is 2.38. The predicted molar refractivity (Wildman–Crippen MR) is 256 cm³/mol. The molecule has 2 N–H and O–H groups in total. The van der Waals surface area contributed by atoms with Gasteiger partial charge in [-0.1, -0.05) is 182 Å². The highest BCUT2D eigenvalue weighted by Gasteiger charge is 2.24.